The fourth-order valence-electron chi connectivity index (χ4n) is 2.33. The van der Waals surface area contributed by atoms with E-state index in [-0.39, 0.29) is 0 Å². The maximum Gasteiger partial charge on any atom is 0.00644 e. The van der Waals surface area contributed by atoms with Crippen LogP contribution >= 0.6 is 0 Å². The van der Waals surface area contributed by atoms with Crippen LogP contribution in [0.2, 0.25) is 0 Å². The van der Waals surface area contributed by atoms with Gasteiger partial charge in [0.25, 0.3) is 0 Å². The van der Waals surface area contributed by atoms with E-state index < -0.39 is 0 Å². The summed E-state index contributed by atoms with van der Waals surface area (Å²) in [5.41, 5.74) is 1.46. The van der Waals surface area contributed by atoms with Crippen LogP contribution in [-0.2, 0) is 6.42 Å². The molecule has 102 valence electrons. The second-order valence-corrected chi connectivity index (χ2v) is 5.14. The Kier molecular flexibility index (Phi) is 8.58. The van der Waals surface area contributed by atoms with Gasteiger partial charge in [-0.25, -0.2) is 0 Å². The molecule has 1 heteroatoms. The van der Waals surface area contributed by atoms with Crippen molar-refractivity contribution < 1.29 is 0 Å². The molecule has 0 aliphatic carbocycles. The van der Waals surface area contributed by atoms with Gasteiger partial charge >= 0.3 is 0 Å². The lowest BCUT2D eigenvalue weighted by Gasteiger charge is -2.16. The van der Waals surface area contributed by atoms with Crippen LogP contribution in [0.4, 0.5) is 0 Å². The standard InChI is InChI=1S/C17H29N/c1-3-5-7-14-17(4-2)18-15-10-13-16-11-8-6-9-12-16/h6,8-9,11-12,17-18H,3-5,7,10,13-15H2,1-2H3. The fourth-order valence-corrected chi connectivity index (χ4v) is 2.33. The first-order valence-corrected chi connectivity index (χ1v) is 7.64. The maximum absolute atomic E-state index is 3.70. The van der Waals surface area contributed by atoms with Gasteiger partial charge in [-0.15, -0.1) is 0 Å². The van der Waals surface area contributed by atoms with Crippen molar-refractivity contribution in [2.45, 2.75) is 64.8 Å². The van der Waals surface area contributed by atoms with Gasteiger partial charge in [-0.1, -0.05) is 63.4 Å². The number of hydrogen-bond acceptors (Lipinski definition) is 1. The summed E-state index contributed by atoms with van der Waals surface area (Å²) < 4.78 is 0. The van der Waals surface area contributed by atoms with E-state index >= 15 is 0 Å². The second-order valence-electron chi connectivity index (χ2n) is 5.14. The van der Waals surface area contributed by atoms with Crippen LogP contribution in [-0.4, -0.2) is 12.6 Å². The molecular formula is C17H29N. The zero-order valence-corrected chi connectivity index (χ0v) is 12.1. The molecule has 0 aromatic heterocycles. The van der Waals surface area contributed by atoms with E-state index in [1.165, 1.54) is 50.5 Å². The van der Waals surface area contributed by atoms with Gasteiger partial charge in [0.2, 0.25) is 0 Å². The van der Waals surface area contributed by atoms with Gasteiger partial charge in [0, 0.05) is 6.04 Å². The molecule has 0 aliphatic heterocycles. The highest BCUT2D eigenvalue weighted by molar-refractivity contribution is 5.14. The highest BCUT2D eigenvalue weighted by Crippen LogP contribution is 2.07. The number of benzene rings is 1. The van der Waals surface area contributed by atoms with Gasteiger partial charge in [-0.3, -0.25) is 0 Å². The normalized spacial score (nSPS) is 12.6. The van der Waals surface area contributed by atoms with Gasteiger partial charge in [0.15, 0.2) is 0 Å². The monoisotopic (exact) mass is 247 g/mol. The molecule has 1 unspecified atom stereocenters. The third-order valence-corrected chi connectivity index (χ3v) is 3.57. The van der Waals surface area contributed by atoms with Gasteiger partial charge in [0.1, 0.15) is 0 Å². The minimum Gasteiger partial charge on any atom is -0.314 e. The van der Waals surface area contributed by atoms with Crippen molar-refractivity contribution in [1.82, 2.24) is 5.32 Å². The minimum absolute atomic E-state index is 0.729. The van der Waals surface area contributed by atoms with Crippen molar-refractivity contribution in [3.8, 4) is 0 Å². The Morgan fingerprint density at radius 1 is 1.00 bits per heavy atom. The molecule has 0 saturated heterocycles. The van der Waals surface area contributed by atoms with E-state index in [1.807, 2.05) is 0 Å². The lowest BCUT2D eigenvalue weighted by molar-refractivity contribution is 0.444. The van der Waals surface area contributed by atoms with Crippen molar-refractivity contribution >= 4 is 0 Å². The number of unbranched alkanes of at least 4 members (excludes halogenated alkanes) is 2. The lowest BCUT2D eigenvalue weighted by atomic mass is 10.1. The van der Waals surface area contributed by atoms with Crippen LogP contribution in [0, 0.1) is 0 Å². The third-order valence-electron chi connectivity index (χ3n) is 3.57. The number of aryl methyl sites for hydroxylation is 1. The predicted octanol–water partition coefficient (Wildman–Crippen LogP) is 4.57. The SMILES string of the molecule is CCCCCC(CC)NCCCc1ccccc1. The molecule has 1 aromatic rings. The van der Waals surface area contributed by atoms with Gasteiger partial charge in [-0.05, 0) is 37.8 Å². The van der Waals surface area contributed by atoms with Gasteiger partial charge < -0.3 is 5.32 Å². The van der Waals surface area contributed by atoms with Crippen LogP contribution in [0.25, 0.3) is 0 Å². The zero-order chi connectivity index (χ0) is 13.1. The molecule has 1 atom stereocenters. The summed E-state index contributed by atoms with van der Waals surface area (Å²) in [7, 11) is 0. The first-order valence-electron chi connectivity index (χ1n) is 7.64. The van der Waals surface area contributed by atoms with E-state index in [9.17, 15) is 0 Å². The predicted molar refractivity (Wildman–Crippen MR) is 81.0 cm³/mol. The summed E-state index contributed by atoms with van der Waals surface area (Å²) in [6.45, 7) is 5.72. The first kappa shape index (κ1) is 15.2. The average molecular weight is 247 g/mol. The molecule has 1 aromatic carbocycles. The van der Waals surface area contributed by atoms with E-state index in [4.69, 9.17) is 0 Å². The Labute approximate surface area is 113 Å². The van der Waals surface area contributed by atoms with E-state index in [2.05, 4.69) is 49.5 Å². The molecule has 0 saturated carbocycles. The lowest BCUT2D eigenvalue weighted by Crippen LogP contribution is -2.29. The summed E-state index contributed by atoms with van der Waals surface area (Å²) >= 11 is 0. The molecule has 0 fully saturated rings. The summed E-state index contributed by atoms with van der Waals surface area (Å²) in [6.07, 6.45) is 9.12. The Bertz CT molecular complexity index is 281. The molecule has 0 bridgehead atoms. The Balaban J connectivity index is 2.08. The van der Waals surface area contributed by atoms with E-state index in [1.54, 1.807) is 0 Å². The molecule has 0 radical (unpaired) electrons. The largest absolute Gasteiger partial charge is 0.314 e. The quantitative estimate of drug-likeness (QED) is 0.597. The number of nitrogens with one attached hydrogen (secondary N) is 1. The fraction of sp³-hybridized carbons (Fsp3) is 0.647. The minimum atomic E-state index is 0.729. The molecule has 1 nitrogen and oxygen atoms in total. The van der Waals surface area contributed by atoms with Crippen LogP contribution in [0.1, 0.15) is 57.9 Å². The van der Waals surface area contributed by atoms with Crippen molar-refractivity contribution in [3.63, 3.8) is 0 Å². The summed E-state index contributed by atoms with van der Waals surface area (Å²) in [5.74, 6) is 0. The maximum atomic E-state index is 3.70. The Hall–Kier alpha value is -0.820. The Morgan fingerprint density at radius 2 is 1.78 bits per heavy atom. The van der Waals surface area contributed by atoms with Crippen LogP contribution in [0.5, 0.6) is 0 Å². The molecule has 0 heterocycles. The smallest absolute Gasteiger partial charge is 0.00644 e. The number of hydrogen-bond donors (Lipinski definition) is 1. The highest BCUT2D eigenvalue weighted by Gasteiger charge is 2.04. The summed E-state index contributed by atoms with van der Waals surface area (Å²) in [4.78, 5) is 0. The highest BCUT2D eigenvalue weighted by atomic mass is 14.9. The van der Waals surface area contributed by atoms with Crippen molar-refractivity contribution in [1.29, 1.82) is 0 Å². The zero-order valence-electron chi connectivity index (χ0n) is 12.1. The van der Waals surface area contributed by atoms with Gasteiger partial charge in [0.05, 0.1) is 0 Å². The molecule has 0 amide bonds. The van der Waals surface area contributed by atoms with Gasteiger partial charge in [-0.2, -0.15) is 0 Å². The van der Waals surface area contributed by atoms with E-state index in [0.29, 0.717) is 0 Å². The molecular weight excluding hydrogens is 218 g/mol. The molecule has 18 heavy (non-hydrogen) atoms. The first-order chi connectivity index (χ1) is 8.86. The second kappa shape index (κ2) is 10.1. The molecule has 0 spiro atoms. The Morgan fingerprint density at radius 3 is 2.44 bits per heavy atom. The van der Waals surface area contributed by atoms with Crippen molar-refractivity contribution in [2.75, 3.05) is 6.54 Å². The molecule has 1 N–H and O–H groups in total. The molecule has 1 rings (SSSR count). The third kappa shape index (κ3) is 6.80. The number of rotatable bonds is 10. The topological polar surface area (TPSA) is 12.0 Å². The summed E-state index contributed by atoms with van der Waals surface area (Å²) in [5, 5.41) is 3.70. The van der Waals surface area contributed by atoms with Crippen LogP contribution in [0.15, 0.2) is 30.3 Å². The average Bonchev–Trinajstić information content (AvgIpc) is 2.43. The van der Waals surface area contributed by atoms with E-state index in [0.717, 1.165) is 12.6 Å². The summed E-state index contributed by atoms with van der Waals surface area (Å²) in [6, 6.07) is 11.5. The molecule has 0 aliphatic rings. The van der Waals surface area contributed by atoms with Crippen molar-refractivity contribution in [2.24, 2.45) is 0 Å². The van der Waals surface area contributed by atoms with Crippen molar-refractivity contribution in [3.05, 3.63) is 35.9 Å². The van der Waals surface area contributed by atoms with Crippen LogP contribution < -0.4 is 5.32 Å². The van der Waals surface area contributed by atoms with Crippen LogP contribution in [0.3, 0.4) is 0 Å².